The predicted molar refractivity (Wildman–Crippen MR) is 105 cm³/mol. The van der Waals surface area contributed by atoms with Crippen LogP contribution in [0.1, 0.15) is 50.5 Å². The average molecular weight is 396 g/mol. The van der Waals surface area contributed by atoms with Gasteiger partial charge in [0, 0.05) is 35.6 Å². The summed E-state index contributed by atoms with van der Waals surface area (Å²) >= 11 is 6.17. The molecule has 2 atom stereocenters. The molecule has 5 nitrogen and oxygen atoms in total. The Morgan fingerprint density at radius 2 is 2.04 bits per heavy atom. The van der Waals surface area contributed by atoms with Crippen molar-refractivity contribution in [3.8, 4) is 0 Å². The summed E-state index contributed by atoms with van der Waals surface area (Å²) < 4.78 is 19.2. The molecule has 0 bridgehead atoms. The summed E-state index contributed by atoms with van der Waals surface area (Å²) in [6.07, 6.45) is 4.28. The Balaban J connectivity index is 1.48. The molecule has 1 aromatic carbocycles. The quantitative estimate of drug-likeness (QED) is 0.454. The SMILES string of the molecule is CCOC(=O)C1CCC(NC(=NC)NC2CC2c2c(F)cccc2Cl)CC1. The fourth-order valence-electron chi connectivity index (χ4n) is 3.81. The van der Waals surface area contributed by atoms with Gasteiger partial charge in [0.2, 0.25) is 0 Å². The van der Waals surface area contributed by atoms with E-state index in [0.29, 0.717) is 17.2 Å². The maximum atomic E-state index is 14.1. The number of benzene rings is 1. The van der Waals surface area contributed by atoms with Crippen LogP contribution in [-0.4, -0.2) is 37.7 Å². The molecular formula is C20H27ClFN3O2. The van der Waals surface area contributed by atoms with Crippen molar-refractivity contribution in [1.82, 2.24) is 10.6 Å². The first-order valence-electron chi connectivity index (χ1n) is 9.63. The molecule has 0 saturated heterocycles. The number of esters is 1. The lowest BCUT2D eigenvalue weighted by Crippen LogP contribution is -2.46. The molecule has 0 aromatic heterocycles. The molecule has 0 spiro atoms. The van der Waals surface area contributed by atoms with Gasteiger partial charge < -0.3 is 15.4 Å². The van der Waals surface area contributed by atoms with Crippen LogP contribution in [0.2, 0.25) is 5.02 Å². The van der Waals surface area contributed by atoms with Gasteiger partial charge in [0.15, 0.2) is 5.96 Å². The van der Waals surface area contributed by atoms with Crippen LogP contribution in [0.3, 0.4) is 0 Å². The topological polar surface area (TPSA) is 62.7 Å². The van der Waals surface area contributed by atoms with Gasteiger partial charge in [-0.05, 0) is 51.2 Å². The Bertz CT molecular complexity index is 684. The Kier molecular flexibility index (Phi) is 6.58. The third-order valence-corrected chi connectivity index (χ3v) is 5.72. The summed E-state index contributed by atoms with van der Waals surface area (Å²) in [7, 11) is 1.73. The van der Waals surface area contributed by atoms with Crippen molar-refractivity contribution in [3.05, 3.63) is 34.6 Å². The van der Waals surface area contributed by atoms with Crippen LogP contribution < -0.4 is 10.6 Å². The van der Waals surface area contributed by atoms with Gasteiger partial charge in [-0.2, -0.15) is 0 Å². The van der Waals surface area contributed by atoms with Crippen LogP contribution >= 0.6 is 11.6 Å². The van der Waals surface area contributed by atoms with Crippen molar-refractivity contribution in [2.45, 2.75) is 57.0 Å². The molecule has 148 valence electrons. The minimum absolute atomic E-state index is 0.00832. The second-order valence-electron chi connectivity index (χ2n) is 7.25. The van der Waals surface area contributed by atoms with Crippen LogP contribution in [0.15, 0.2) is 23.2 Å². The number of guanidine groups is 1. The van der Waals surface area contributed by atoms with E-state index in [1.807, 2.05) is 6.92 Å². The maximum absolute atomic E-state index is 14.1. The molecule has 0 aliphatic heterocycles. The van der Waals surface area contributed by atoms with E-state index in [4.69, 9.17) is 16.3 Å². The van der Waals surface area contributed by atoms with E-state index in [9.17, 15) is 9.18 Å². The summed E-state index contributed by atoms with van der Waals surface area (Å²) in [5.74, 6) is 0.457. The number of ether oxygens (including phenoxy) is 1. The van der Waals surface area contributed by atoms with Crippen LogP contribution in [0, 0.1) is 11.7 Å². The maximum Gasteiger partial charge on any atom is 0.308 e. The summed E-state index contributed by atoms with van der Waals surface area (Å²) in [5, 5.41) is 7.27. The smallest absolute Gasteiger partial charge is 0.308 e. The third kappa shape index (κ3) is 4.92. The summed E-state index contributed by atoms with van der Waals surface area (Å²) in [4.78, 5) is 16.1. The van der Waals surface area contributed by atoms with E-state index in [-0.39, 0.29) is 35.7 Å². The minimum atomic E-state index is -0.253. The van der Waals surface area contributed by atoms with E-state index in [1.54, 1.807) is 19.2 Å². The first-order chi connectivity index (χ1) is 13.0. The molecule has 2 saturated carbocycles. The van der Waals surface area contributed by atoms with Gasteiger partial charge in [0.1, 0.15) is 5.82 Å². The third-order valence-electron chi connectivity index (χ3n) is 5.39. The number of hydrogen-bond donors (Lipinski definition) is 2. The highest BCUT2D eigenvalue weighted by Crippen LogP contribution is 2.44. The minimum Gasteiger partial charge on any atom is -0.466 e. The zero-order chi connectivity index (χ0) is 19.4. The molecule has 2 aliphatic carbocycles. The van der Waals surface area contributed by atoms with Crippen molar-refractivity contribution in [3.63, 3.8) is 0 Å². The predicted octanol–water partition coefficient (Wildman–Crippen LogP) is 3.62. The molecule has 2 aliphatic rings. The Morgan fingerprint density at radius 3 is 2.67 bits per heavy atom. The van der Waals surface area contributed by atoms with Crippen LogP contribution in [0.25, 0.3) is 0 Å². The highest BCUT2D eigenvalue weighted by molar-refractivity contribution is 6.31. The van der Waals surface area contributed by atoms with E-state index >= 15 is 0 Å². The molecule has 27 heavy (non-hydrogen) atoms. The molecule has 7 heteroatoms. The molecule has 2 fully saturated rings. The van der Waals surface area contributed by atoms with Gasteiger partial charge in [0.25, 0.3) is 0 Å². The summed E-state index contributed by atoms with van der Waals surface area (Å²) in [6, 6.07) is 5.20. The van der Waals surface area contributed by atoms with Crippen molar-refractivity contribution in [2.75, 3.05) is 13.7 Å². The summed E-state index contributed by atoms with van der Waals surface area (Å²) in [6.45, 7) is 2.27. The van der Waals surface area contributed by atoms with Crippen molar-refractivity contribution in [2.24, 2.45) is 10.9 Å². The number of nitrogens with one attached hydrogen (secondary N) is 2. The number of halogens is 2. The lowest BCUT2D eigenvalue weighted by molar-refractivity contribution is -0.149. The molecule has 1 aromatic rings. The van der Waals surface area contributed by atoms with Crippen LogP contribution in [0.4, 0.5) is 4.39 Å². The second kappa shape index (κ2) is 8.91. The molecule has 0 radical (unpaired) electrons. The molecule has 0 heterocycles. The first kappa shape index (κ1) is 19.9. The fourth-order valence-corrected chi connectivity index (χ4v) is 4.11. The largest absolute Gasteiger partial charge is 0.466 e. The van der Waals surface area contributed by atoms with E-state index in [2.05, 4.69) is 15.6 Å². The van der Waals surface area contributed by atoms with E-state index in [1.165, 1.54) is 6.07 Å². The van der Waals surface area contributed by atoms with E-state index in [0.717, 1.165) is 38.1 Å². The van der Waals surface area contributed by atoms with Gasteiger partial charge in [-0.25, -0.2) is 4.39 Å². The van der Waals surface area contributed by atoms with Gasteiger partial charge in [-0.15, -0.1) is 0 Å². The van der Waals surface area contributed by atoms with E-state index < -0.39 is 0 Å². The number of carbonyl (C=O) groups is 1. The van der Waals surface area contributed by atoms with Crippen molar-refractivity contribution >= 4 is 23.5 Å². The van der Waals surface area contributed by atoms with Gasteiger partial charge in [-0.1, -0.05) is 17.7 Å². The van der Waals surface area contributed by atoms with Crippen molar-refractivity contribution < 1.29 is 13.9 Å². The van der Waals surface area contributed by atoms with Gasteiger partial charge in [0.05, 0.1) is 12.5 Å². The van der Waals surface area contributed by atoms with Crippen LogP contribution in [0.5, 0.6) is 0 Å². The van der Waals surface area contributed by atoms with Gasteiger partial charge in [-0.3, -0.25) is 9.79 Å². The van der Waals surface area contributed by atoms with Crippen molar-refractivity contribution in [1.29, 1.82) is 0 Å². The average Bonchev–Trinajstić information content (AvgIpc) is 3.40. The molecule has 2 N–H and O–H groups in total. The number of rotatable bonds is 5. The molecule has 3 rings (SSSR count). The molecular weight excluding hydrogens is 369 g/mol. The Hall–Kier alpha value is -1.82. The summed E-state index contributed by atoms with van der Waals surface area (Å²) in [5.41, 5.74) is 0.585. The normalized spacial score (nSPS) is 27.8. The second-order valence-corrected chi connectivity index (χ2v) is 7.65. The molecule has 0 amide bonds. The Labute approximate surface area is 164 Å². The zero-order valence-electron chi connectivity index (χ0n) is 15.8. The first-order valence-corrected chi connectivity index (χ1v) is 10.0. The number of nitrogens with zero attached hydrogens (tertiary/aromatic N) is 1. The monoisotopic (exact) mass is 395 g/mol. The highest BCUT2D eigenvalue weighted by Gasteiger charge is 2.42. The van der Waals surface area contributed by atoms with Crippen LogP contribution in [-0.2, 0) is 9.53 Å². The number of hydrogen-bond acceptors (Lipinski definition) is 3. The lowest BCUT2D eigenvalue weighted by atomic mass is 9.86. The Morgan fingerprint density at radius 1 is 1.30 bits per heavy atom. The lowest BCUT2D eigenvalue weighted by Gasteiger charge is -2.29. The van der Waals surface area contributed by atoms with Gasteiger partial charge >= 0.3 is 5.97 Å². The number of carbonyl (C=O) groups excluding carboxylic acids is 1. The molecule has 2 unspecified atom stereocenters. The number of aliphatic imine (C=N–C) groups is 1. The standard InChI is InChI=1S/C20H27ClFN3O2/c1-3-27-19(26)12-7-9-13(10-8-12)24-20(23-2)25-17-11-14(17)18-15(21)5-4-6-16(18)22/h4-6,12-14,17H,3,7-11H2,1-2H3,(H2,23,24,25). The zero-order valence-corrected chi connectivity index (χ0v) is 16.6. The highest BCUT2D eigenvalue weighted by atomic mass is 35.5. The fraction of sp³-hybridized carbons (Fsp3) is 0.600.